The van der Waals surface area contributed by atoms with Crippen molar-refractivity contribution in [2.45, 2.75) is 58.8 Å². The van der Waals surface area contributed by atoms with Crippen molar-refractivity contribution in [3.63, 3.8) is 0 Å². The van der Waals surface area contributed by atoms with Crippen molar-refractivity contribution in [3.05, 3.63) is 150 Å². The summed E-state index contributed by atoms with van der Waals surface area (Å²) in [6.45, 7) is 14.1. The summed E-state index contributed by atoms with van der Waals surface area (Å²) in [6, 6.07) is 41.4. The molecule has 0 radical (unpaired) electrons. The van der Waals surface area contributed by atoms with Crippen LogP contribution in [0.3, 0.4) is 0 Å². The van der Waals surface area contributed by atoms with Crippen LogP contribution in [0.5, 0.6) is 0 Å². The zero-order chi connectivity index (χ0) is 34.4. The van der Waals surface area contributed by atoms with Crippen LogP contribution in [0.1, 0.15) is 63.8 Å². The summed E-state index contributed by atoms with van der Waals surface area (Å²) in [6.07, 6.45) is 10.0. The second-order valence-corrected chi connectivity index (χ2v) is 17.1. The minimum atomic E-state index is 0.0107. The molecule has 7 aromatic carbocycles. The molecule has 0 saturated heterocycles. The van der Waals surface area contributed by atoms with Gasteiger partial charge in [0.05, 0.1) is 0 Å². The first-order chi connectivity index (χ1) is 24.1. The van der Waals surface area contributed by atoms with Crippen molar-refractivity contribution >= 4 is 69.9 Å². The first kappa shape index (κ1) is 31.0. The van der Waals surface area contributed by atoms with Crippen molar-refractivity contribution in [1.29, 1.82) is 0 Å². The first-order valence-electron chi connectivity index (χ1n) is 17.9. The molecule has 0 aliphatic heterocycles. The van der Waals surface area contributed by atoms with Crippen LogP contribution < -0.4 is 0 Å². The molecular weight excluding hydrogens is 621 g/mol. The Hall–Kier alpha value is -4.98. The molecule has 0 N–H and O–H groups in total. The third-order valence-electron chi connectivity index (χ3n) is 10.7. The van der Waals surface area contributed by atoms with Gasteiger partial charge in [0.1, 0.15) is 0 Å². The average Bonchev–Trinajstić information content (AvgIpc) is 3.30. The molecule has 244 valence electrons. The van der Waals surface area contributed by atoms with Gasteiger partial charge in [-0.15, -0.1) is 11.3 Å². The maximum absolute atomic E-state index is 2.48. The van der Waals surface area contributed by atoms with Crippen LogP contribution in [0.4, 0.5) is 0 Å². The van der Waals surface area contributed by atoms with Crippen molar-refractivity contribution in [3.8, 4) is 22.3 Å². The largest absolute Gasteiger partial charge is 0.135 e. The van der Waals surface area contributed by atoms with Crippen molar-refractivity contribution < 1.29 is 0 Å². The molecule has 0 spiro atoms. The molecule has 50 heavy (non-hydrogen) atoms. The molecule has 0 saturated carbocycles. The van der Waals surface area contributed by atoms with E-state index in [-0.39, 0.29) is 10.8 Å². The Bertz CT molecular complexity index is 2680. The molecule has 8 aromatic rings. The predicted octanol–water partition coefficient (Wildman–Crippen LogP) is 14.6. The van der Waals surface area contributed by atoms with Crippen LogP contribution in [0.2, 0.25) is 0 Å². The summed E-state index contributed by atoms with van der Waals surface area (Å²) < 4.78 is 2.69. The van der Waals surface area contributed by atoms with E-state index in [4.69, 9.17) is 0 Å². The monoisotopic (exact) mass is 662 g/mol. The molecule has 1 aliphatic rings. The number of allylic oxidation sites excluding steroid dienone is 3. The Morgan fingerprint density at radius 1 is 0.500 bits per heavy atom. The maximum Gasteiger partial charge on any atom is 0.0434 e. The lowest BCUT2D eigenvalue weighted by atomic mass is 9.75. The normalized spacial score (nSPS) is 13.6. The Morgan fingerprint density at radius 3 is 1.68 bits per heavy atom. The van der Waals surface area contributed by atoms with E-state index in [0.29, 0.717) is 0 Å². The van der Waals surface area contributed by atoms with E-state index in [2.05, 4.69) is 175 Å². The highest BCUT2D eigenvalue weighted by atomic mass is 32.1. The van der Waals surface area contributed by atoms with Crippen LogP contribution in [0, 0.1) is 0 Å². The van der Waals surface area contributed by atoms with Crippen molar-refractivity contribution in [2.24, 2.45) is 0 Å². The molecule has 0 fully saturated rings. The van der Waals surface area contributed by atoms with Crippen LogP contribution >= 0.6 is 11.3 Å². The van der Waals surface area contributed by atoms with Crippen LogP contribution in [-0.2, 0) is 17.3 Å². The molecule has 1 aromatic heterocycles. The number of rotatable bonds is 2. The molecule has 1 heteroatoms. The number of benzene rings is 7. The zero-order valence-corrected chi connectivity index (χ0v) is 30.6. The Morgan fingerprint density at radius 2 is 1.06 bits per heavy atom. The highest BCUT2D eigenvalue weighted by molar-refractivity contribution is 7.26. The number of hydrogen-bond donors (Lipinski definition) is 0. The zero-order valence-electron chi connectivity index (χ0n) is 29.8. The van der Waals surface area contributed by atoms with Gasteiger partial charge in [-0.1, -0.05) is 163 Å². The minimum Gasteiger partial charge on any atom is -0.135 e. The average molecular weight is 663 g/mol. The van der Waals surface area contributed by atoms with Crippen molar-refractivity contribution in [1.82, 2.24) is 0 Å². The predicted molar refractivity (Wildman–Crippen MR) is 222 cm³/mol. The number of fused-ring (bicyclic) bond motifs is 7. The lowest BCUT2D eigenvalue weighted by Crippen LogP contribution is -2.16. The lowest BCUT2D eigenvalue weighted by molar-refractivity contribution is 0.594. The number of thiophene rings is 1. The van der Waals surface area contributed by atoms with Gasteiger partial charge in [-0.25, -0.2) is 0 Å². The Kier molecular flexibility index (Phi) is 7.00. The molecule has 1 heterocycles. The summed E-state index contributed by atoms with van der Waals surface area (Å²) in [5.74, 6) is 0. The van der Waals surface area contributed by atoms with E-state index in [1.165, 1.54) is 97.0 Å². The summed E-state index contributed by atoms with van der Waals surface area (Å²) in [5, 5.41) is 10.7. The van der Waals surface area contributed by atoms with Gasteiger partial charge in [0.25, 0.3) is 0 Å². The van der Waals surface area contributed by atoms with Crippen LogP contribution in [0.25, 0.3) is 80.8 Å². The molecule has 0 bridgehead atoms. The quantitative estimate of drug-likeness (QED) is 0.162. The third kappa shape index (κ3) is 4.71. The van der Waals surface area contributed by atoms with E-state index in [1.54, 1.807) is 0 Å². The highest BCUT2D eigenvalue weighted by Gasteiger charge is 2.27. The molecule has 0 unspecified atom stereocenters. The second-order valence-electron chi connectivity index (χ2n) is 16.0. The van der Waals surface area contributed by atoms with Gasteiger partial charge in [-0.2, -0.15) is 0 Å². The number of hydrogen-bond acceptors (Lipinski definition) is 1. The highest BCUT2D eigenvalue weighted by Crippen LogP contribution is 2.49. The second kappa shape index (κ2) is 11.3. The summed E-state index contributed by atoms with van der Waals surface area (Å²) >= 11 is 1.93. The molecular formula is C49H42S. The standard InChI is InChI=1S/C49H42S/c1-48(2,3)45-35-21-9-7-8-17-31(35)43(32-18-10-13-22-36(32)45)30-27-28-42-41(29-30)39-25-16-26-40(47(39)50-42)44-33-19-11-14-23-37(33)46(49(4,5)6)38-24-15-12-20-34(38)44/h7-16,18-29H,17H2,1-6H3. The smallest absolute Gasteiger partial charge is 0.0434 e. The van der Waals surface area contributed by atoms with Gasteiger partial charge in [0.15, 0.2) is 0 Å². The van der Waals surface area contributed by atoms with E-state index in [0.717, 1.165) is 6.42 Å². The fraction of sp³-hybridized carbons (Fsp3) is 0.184. The van der Waals surface area contributed by atoms with Gasteiger partial charge >= 0.3 is 0 Å². The van der Waals surface area contributed by atoms with E-state index in [9.17, 15) is 0 Å². The SMILES string of the molecule is CC(C)(C)c1c2c(c(-c3ccc4sc5c(-c6c7ccccc7c(C(C)(C)C)c7ccccc67)cccc5c4c3)c3ccccc13)CC=CC=C2. The summed E-state index contributed by atoms with van der Waals surface area (Å²) in [5.41, 5.74) is 11.0. The first-order valence-corrected chi connectivity index (χ1v) is 18.7. The fourth-order valence-electron chi connectivity index (χ4n) is 8.84. The van der Waals surface area contributed by atoms with Crippen LogP contribution in [0.15, 0.2) is 127 Å². The molecule has 9 rings (SSSR count). The lowest BCUT2D eigenvalue weighted by Gasteiger charge is -2.28. The van der Waals surface area contributed by atoms with Gasteiger partial charge < -0.3 is 0 Å². The van der Waals surface area contributed by atoms with Gasteiger partial charge in [0.2, 0.25) is 0 Å². The third-order valence-corrected chi connectivity index (χ3v) is 11.9. The molecule has 0 atom stereocenters. The summed E-state index contributed by atoms with van der Waals surface area (Å²) in [7, 11) is 0. The maximum atomic E-state index is 2.48. The van der Waals surface area contributed by atoms with Gasteiger partial charge in [0, 0.05) is 25.7 Å². The molecule has 0 amide bonds. The van der Waals surface area contributed by atoms with Gasteiger partial charge in [-0.05, 0) is 101 Å². The van der Waals surface area contributed by atoms with E-state index >= 15 is 0 Å². The van der Waals surface area contributed by atoms with E-state index in [1.807, 2.05) is 11.3 Å². The minimum absolute atomic E-state index is 0.0107. The Balaban J connectivity index is 1.34. The van der Waals surface area contributed by atoms with Crippen LogP contribution in [-0.4, -0.2) is 0 Å². The topological polar surface area (TPSA) is 0 Å². The van der Waals surface area contributed by atoms with Crippen molar-refractivity contribution in [2.75, 3.05) is 0 Å². The van der Waals surface area contributed by atoms with Gasteiger partial charge in [-0.3, -0.25) is 0 Å². The Labute approximate surface area is 299 Å². The summed E-state index contributed by atoms with van der Waals surface area (Å²) in [4.78, 5) is 0. The fourth-order valence-corrected chi connectivity index (χ4v) is 10.0. The molecule has 0 nitrogen and oxygen atoms in total. The van der Waals surface area contributed by atoms with E-state index < -0.39 is 0 Å². The molecule has 1 aliphatic carbocycles.